The Hall–Kier alpha value is -1.82. The second-order valence-corrected chi connectivity index (χ2v) is 6.50. The molecule has 146 valence electrons. The molecule has 0 radical (unpaired) electrons. The summed E-state index contributed by atoms with van der Waals surface area (Å²) in [5.41, 5.74) is 0.915. The highest BCUT2D eigenvalue weighted by atomic mass is 127. The van der Waals surface area contributed by atoms with E-state index in [0.717, 1.165) is 15.2 Å². The molecule has 2 heterocycles. The van der Waals surface area contributed by atoms with E-state index in [2.05, 4.69) is 20.6 Å². The molecule has 27 heavy (non-hydrogen) atoms. The number of nitrogens with one attached hydrogen (secondary N) is 2. The minimum atomic E-state index is -4.20. The van der Waals surface area contributed by atoms with Crippen LogP contribution >= 0.6 is 35.3 Å². The quantitative estimate of drug-likeness (QED) is 0.295. The van der Waals surface area contributed by atoms with E-state index in [1.165, 1.54) is 18.4 Å². The van der Waals surface area contributed by atoms with Gasteiger partial charge in [-0.1, -0.05) is 12.1 Å². The molecule has 2 N–H and O–H groups in total. The molecule has 1 aromatic carbocycles. The molecule has 0 spiro atoms. The van der Waals surface area contributed by atoms with Crippen molar-refractivity contribution in [2.45, 2.75) is 19.1 Å². The monoisotopic (exact) mass is 510 g/mol. The second kappa shape index (κ2) is 9.40. The van der Waals surface area contributed by atoms with Crippen molar-refractivity contribution >= 4 is 51.5 Å². The first-order valence-electron chi connectivity index (χ1n) is 7.90. The fourth-order valence-corrected chi connectivity index (χ4v) is 3.21. The van der Waals surface area contributed by atoms with Crippen LogP contribution in [-0.4, -0.2) is 30.7 Å². The van der Waals surface area contributed by atoms with Crippen molar-refractivity contribution in [1.82, 2.24) is 15.6 Å². The normalized spacial score (nSPS) is 12.1. The van der Waals surface area contributed by atoms with Crippen LogP contribution in [0.3, 0.4) is 0 Å². The van der Waals surface area contributed by atoms with E-state index in [0.29, 0.717) is 18.1 Å². The molecule has 0 aliphatic heterocycles. The molecule has 10 heteroatoms. The third-order valence-corrected chi connectivity index (χ3v) is 4.57. The van der Waals surface area contributed by atoms with Gasteiger partial charge < -0.3 is 15.1 Å². The van der Waals surface area contributed by atoms with Crippen LogP contribution in [0.2, 0.25) is 0 Å². The largest absolute Gasteiger partial charge is 0.457 e. The highest BCUT2D eigenvalue weighted by molar-refractivity contribution is 14.0. The Kier molecular flexibility index (Phi) is 7.48. The highest BCUT2D eigenvalue weighted by Gasteiger charge is 2.26. The second-order valence-electron chi connectivity index (χ2n) is 5.47. The molecule has 3 rings (SSSR count). The van der Waals surface area contributed by atoms with Crippen LogP contribution in [0.5, 0.6) is 0 Å². The first kappa shape index (κ1) is 21.5. The summed E-state index contributed by atoms with van der Waals surface area (Å²) in [6, 6.07) is 11.5. The lowest BCUT2D eigenvalue weighted by Gasteiger charge is -2.12. The lowest BCUT2D eigenvalue weighted by atomic mass is 10.3. The Morgan fingerprint density at radius 2 is 1.96 bits per heavy atom. The molecule has 0 saturated carbocycles. The van der Waals surface area contributed by atoms with E-state index >= 15 is 0 Å². The minimum Gasteiger partial charge on any atom is -0.457 e. The summed E-state index contributed by atoms with van der Waals surface area (Å²) in [7, 11) is 1.50. The number of furan rings is 1. The minimum absolute atomic E-state index is 0. The van der Waals surface area contributed by atoms with Crippen LogP contribution in [-0.2, 0) is 6.54 Å². The van der Waals surface area contributed by atoms with E-state index in [9.17, 15) is 13.2 Å². The average molecular weight is 510 g/mol. The van der Waals surface area contributed by atoms with Crippen LogP contribution in [0.4, 0.5) is 13.2 Å². The SMILES string of the molecule is CN=C(NCCC(F)(F)F)NCc1ccc(-c2nc3ccccc3s2)o1.I. The summed E-state index contributed by atoms with van der Waals surface area (Å²) < 4.78 is 43.4. The molecule has 0 aliphatic carbocycles. The van der Waals surface area contributed by atoms with Gasteiger partial charge in [0.15, 0.2) is 16.7 Å². The number of aliphatic imine (C=N–C) groups is 1. The fraction of sp³-hybridized carbons (Fsp3) is 0.294. The predicted octanol–water partition coefficient (Wildman–Crippen LogP) is 4.79. The maximum atomic E-state index is 12.2. The summed E-state index contributed by atoms with van der Waals surface area (Å²) in [4.78, 5) is 8.42. The standard InChI is InChI=1S/C17H17F3N4OS.HI/c1-21-16(22-9-8-17(18,19)20)23-10-11-6-7-13(25-11)15-24-12-4-2-3-5-14(12)26-15;/h2-7H,8-10H2,1H3,(H2,21,22,23);1H. The molecule has 0 saturated heterocycles. The lowest BCUT2D eigenvalue weighted by molar-refractivity contribution is -0.132. The Balaban J connectivity index is 0.00000261. The number of halogens is 4. The Bertz CT molecular complexity index is 874. The van der Waals surface area contributed by atoms with Gasteiger partial charge in [-0.2, -0.15) is 13.2 Å². The number of fused-ring (bicyclic) bond motifs is 1. The maximum absolute atomic E-state index is 12.2. The van der Waals surface area contributed by atoms with Crippen molar-refractivity contribution in [3.05, 3.63) is 42.2 Å². The van der Waals surface area contributed by atoms with Crippen LogP contribution in [0.15, 0.2) is 45.8 Å². The van der Waals surface area contributed by atoms with Crippen LogP contribution in [0, 0.1) is 0 Å². The average Bonchev–Trinajstić information content (AvgIpc) is 3.23. The van der Waals surface area contributed by atoms with Crippen LogP contribution in [0.25, 0.3) is 21.0 Å². The van der Waals surface area contributed by atoms with Crippen molar-refractivity contribution < 1.29 is 17.6 Å². The molecule has 0 atom stereocenters. The number of rotatable bonds is 5. The van der Waals surface area contributed by atoms with Crippen molar-refractivity contribution in [3.63, 3.8) is 0 Å². The summed E-state index contributed by atoms with van der Waals surface area (Å²) in [6.45, 7) is 0.0644. The van der Waals surface area contributed by atoms with Gasteiger partial charge in [0.1, 0.15) is 5.76 Å². The van der Waals surface area contributed by atoms with Gasteiger partial charge in [-0.3, -0.25) is 4.99 Å². The third kappa shape index (κ3) is 6.09. The molecule has 0 bridgehead atoms. The molecular formula is C17H18F3IN4OS. The summed E-state index contributed by atoms with van der Waals surface area (Å²) in [6.07, 6.45) is -5.12. The van der Waals surface area contributed by atoms with Gasteiger partial charge >= 0.3 is 6.18 Å². The summed E-state index contributed by atoms with van der Waals surface area (Å²) in [5.74, 6) is 1.58. The zero-order chi connectivity index (χ0) is 18.6. The number of hydrogen-bond donors (Lipinski definition) is 2. The first-order valence-corrected chi connectivity index (χ1v) is 8.72. The van der Waals surface area contributed by atoms with Crippen molar-refractivity contribution in [3.8, 4) is 10.8 Å². The van der Waals surface area contributed by atoms with Crippen molar-refractivity contribution in [2.75, 3.05) is 13.6 Å². The smallest absolute Gasteiger partial charge is 0.390 e. The number of thiazole rings is 1. The van der Waals surface area contributed by atoms with E-state index in [1.807, 2.05) is 30.3 Å². The van der Waals surface area contributed by atoms with Gasteiger partial charge in [0.25, 0.3) is 0 Å². The van der Waals surface area contributed by atoms with Gasteiger partial charge in [0.05, 0.1) is 23.2 Å². The number of para-hydroxylation sites is 1. The lowest BCUT2D eigenvalue weighted by Crippen LogP contribution is -2.38. The molecule has 0 unspecified atom stereocenters. The Morgan fingerprint density at radius 1 is 1.19 bits per heavy atom. The van der Waals surface area contributed by atoms with Crippen LogP contribution in [0.1, 0.15) is 12.2 Å². The van der Waals surface area contributed by atoms with Gasteiger partial charge in [-0.25, -0.2) is 4.98 Å². The van der Waals surface area contributed by atoms with Crippen molar-refractivity contribution in [1.29, 1.82) is 0 Å². The number of guanidine groups is 1. The van der Waals surface area contributed by atoms with Gasteiger partial charge in [-0.05, 0) is 24.3 Å². The molecule has 0 aliphatic rings. The molecule has 3 aromatic rings. The van der Waals surface area contributed by atoms with E-state index in [1.54, 1.807) is 6.07 Å². The molecule has 0 amide bonds. The van der Waals surface area contributed by atoms with Crippen LogP contribution < -0.4 is 10.6 Å². The summed E-state index contributed by atoms with van der Waals surface area (Å²) in [5, 5.41) is 6.33. The molecule has 0 fully saturated rings. The van der Waals surface area contributed by atoms with E-state index in [4.69, 9.17) is 4.42 Å². The Labute approximate surface area is 175 Å². The number of aromatic nitrogens is 1. The topological polar surface area (TPSA) is 62.5 Å². The van der Waals surface area contributed by atoms with E-state index in [-0.39, 0.29) is 36.5 Å². The van der Waals surface area contributed by atoms with Gasteiger partial charge in [0.2, 0.25) is 0 Å². The molecular weight excluding hydrogens is 492 g/mol. The number of alkyl halides is 3. The predicted molar refractivity (Wildman–Crippen MR) is 112 cm³/mol. The maximum Gasteiger partial charge on any atom is 0.390 e. The van der Waals surface area contributed by atoms with Gasteiger partial charge in [-0.15, -0.1) is 35.3 Å². The zero-order valence-electron chi connectivity index (χ0n) is 14.3. The number of nitrogens with zero attached hydrogens (tertiary/aromatic N) is 2. The fourth-order valence-electron chi connectivity index (χ4n) is 2.28. The first-order chi connectivity index (χ1) is 12.4. The summed E-state index contributed by atoms with van der Waals surface area (Å²) >= 11 is 1.54. The molecule has 2 aromatic heterocycles. The Morgan fingerprint density at radius 3 is 2.67 bits per heavy atom. The molecule has 5 nitrogen and oxygen atoms in total. The van der Waals surface area contributed by atoms with Gasteiger partial charge in [0, 0.05) is 13.6 Å². The van der Waals surface area contributed by atoms with E-state index < -0.39 is 12.6 Å². The van der Waals surface area contributed by atoms with Crippen molar-refractivity contribution in [2.24, 2.45) is 4.99 Å². The zero-order valence-corrected chi connectivity index (χ0v) is 17.5. The number of hydrogen-bond acceptors (Lipinski definition) is 4. The highest BCUT2D eigenvalue weighted by Crippen LogP contribution is 2.31. The third-order valence-electron chi connectivity index (χ3n) is 3.52. The number of benzene rings is 1.